The van der Waals surface area contributed by atoms with Gasteiger partial charge in [0, 0.05) is 11.8 Å². The van der Waals surface area contributed by atoms with Gasteiger partial charge in [-0.2, -0.15) is 5.10 Å². The molecule has 0 saturated carbocycles. The first-order valence-electron chi connectivity index (χ1n) is 10.7. The molecule has 6 rings (SSSR count). The van der Waals surface area contributed by atoms with Crippen LogP contribution in [0.4, 0.5) is 5.69 Å². The van der Waals surface area contributed by atoms with Crippen LogP contribution >= 0.6 is 11.3 Å². The molecule has 174 valence electrons. The predicted octanol–water partition coefficient (Wildman–Crippen LogP) is 3.81. The van der Waals surface area contributed by atoms with Crippen molar-refractivity contribution in [2.24, 2.45) is 0 Å². The molecule has 4 aromatic rings. The van der Waals surface area contributed by atoms with E-state index in [9.17, 15) is 13.2 Å². The first kappa shape index (κ1) is 21.1. The van der Waals surface area contributed by atoms with E-state index in [-0.39, 0.29) is 30.2 Å². The number of rotatable bonds is 4. The maximum atomic E-state index is 13.5. The zero-order chi connectivity index (χ0) is 23.4. The molecule has 1 fully saturated rings. The largest absolute Gasteiger partial charge is 0.454 e. The highest BCUT2D eigenvalue weighted by molar-refractivity contribution is 7.91. The molecule has 5 heterocycles. The summed E-state index contributed by atoms with van der Waals surface area (Å²) in [7, 11) is -3.12. The Hall–Kier alpha value is -3.44. The fourth-order valence-electron chi connectivity index (χ4n) is 4.44. The average molecular weight is 497 g/mol. The van der Waals surface area contributed by atoms with Gasteiger partial charge in [-0.3, -0.25) is 4.79 Å². The third-order valence-electron chi connectivity index (χ3n) is 6.04. The van der Waals surface area contributed by atoms with Crippen molar-refractivity contribution in [2.75, 3.05) is 23.6 Å². The van der Waals surface area contributed by atoms with Crippen LogP contribution in [0.1, 0.15) is 28.5 Å². The van der Waals surface area contributed by atoms with E-state index in [1.165, 1.54) is 11.3 Å². The van der Waals surface area contributed by atoms with Crippen molar-refractivity contribution in [3.63, 3.8) is 0 Å². The van der Waals surface area contributed by atoms with Crippen LogP contribution in [0, 0.1) is 6.92 Å². The van der Waals surface area contributed by atoms with Crippen molar-refractivity contribution >= 4 is 43.8 Å². The fourth-order valence-corrected chi connectivity index (χ4v) is 6.82. The van der Waals surface area contributed by atoms with Crippen LogP contribution in [-0.2, 0) is 9.84 Å². The molecule has 1 unspecified atom stereocenters. The summed E-state index contributed by atoms with van der Waals surface area (Å²) >= 11 is 1.52. The van der Waals surface area contributed by atoms with Gasteiger partial charge in [-0.1, -0.05) is 6.07 Å². The number of sulfone groups is 1. The molecule has 1 amide bonds. The Morgan fingerprint density at radius 3 is 2.82 bits per heavy atom. The van der Waals surface area contributed by atoms with E-state index in [0.717, 1.165) is 4.88 Å². The summed E-state index contributed by atoms with van der Waals surface area (Å²) < 4.78 is 36.7. The van der Waals surface area contributed by atoms with E-state index >= 15 is 0 Å². The van der Waals surface area contributed by atoms with Gasteiger partial charge < -0.3 is 14.8 Å². The Bertz CT molecular complexity index is 1540. The van der Waals surface area contributed by atoms with Crippen LogP contribution in [0.2, 0.25) is 0 Å². The number of aryl methyl sites for hydroxylation is 1. The lowest BCUT2D eigenvalue weighted by atomic mass is 10.1. The molecule has 9 nitrogen and oxygen atoms in total. The van der Waals surface area contributed by atoms with Crippen molar-refractivity contribution in [1.82, 2.24) is 14.8 Å². The van der Waals surface area contributed by atoms with Gasteiger partial charge in [0.1, 0.15) is 0 Å². The molecule has 0 aliphatic carbocycles. The van der Waals surface area contributed by atoms with Gasteiger partial charge in [0.25, 0.3) is 5.91 Å². The second kappa shape index (κ2) is 7.81. The van der Waals surface area contributed by atoms with Crippen molar-refractivity contribution in [2.45, 2.75) is 19.4 Å². The number of benzene rings is 1. The van der Waals surface area contributed by atoms with Crippen molar-refractivity contribution < 1.29 is 22.7 Å². The molecule has 0 spiro atoms. The molecular formula is C23H20N4O5S2. The number of hydrogen-bond donors (Lipinski definition) is 1. The minimum atomic E-state index is -3.12. The van der Waals surface area contributed by atoms with E-state index in [0.29, 0.717) is 51.6 Å². The number of anilines is 1. The number of ether oxygens (including phenoxy) is 2. The summed E-state index contributed by atoms with van der Waals surface area (Å²) in [5.41, 5.74) is 2.78. The Labute approximate surface area is 199 Å². The number of pyridine rings is 1. The van der Waals surface area contributed by atoms with Crippen LogP contribution in [0.25, 0.3) is 21.6 Å². The quantitative estimate of drug-likeness (QED) is 0.457. The van der Waals surface area contributed by atoms with Crippen LogP contribution in [0.5, 0.6) is 11.5 Å². The van der Waals surface area contributed by atoms with Gasteiger partial charge in [-0.05, 0) is 43.0 Å². The molecule has 1 N–H and O–H groups in total. The SMILES string of the molecule is Cc1nn(C2CCS(=O)(=O)C2)c2nc(-c3cccs3)cc(C(=O)Nc3ccc4c(c3)OCO4)c12. The molecule has 2 aliphatic heterocycles. The molecule has 0 radical (unpaired) electrons. The first-order chi connectivity index (χ1) is 16.4. The van der Waals surface area contributed by atoms with Crippen LogP contribution in [0.15, 0.2) is 41.8 Å². The van der Waals surface area contributed by atoms with E-state index in [4.69, 9.17) is 14.5 Å². The molecule has 3 aromatic heterocycles. The highest BCUT2D eigenvalue weighted by Crippen LogP contribution is 2.36. The molecule has 34 heavy (non-hydrogen) atoms. The standard InChI is InChI=1S/C23H20N4O5S2/c1-13-21-16(23(28)24-14-4-5-18-19(9-14)32-12-31-18)10-17(20-3-2-7-33-20)25-22(21)27(26-13)15-6-8-34(29,30)11-15/h2-5,7,9-10,15H,6,8,11-12H2,1H3,(H,24,28). The van der Waals surface area contributed by atoms with Gasteiger partial charge in [-0.15, -0.1) is 11.3 Å². The second-order valence-corrected chi connectivity index (χ2v) is 11.5. The smallest absolute Gasteiger partial charge is 0.256 e. The maximum absolute atomic E-state index is 13.5. The topological polar surface area (TPSA) is 112 Å². The monoisotopic (exact) mass is 496 g/mol. The number of nitrogens with one attached hydrogen (secondary N) is 1. The van der Waals surface area contributed by atoms with E-state index < -0.39 is 9.84 Å². The highest BCUT2D eigenvalue weighted by Gasteiger charge is 2.32. The number of carbonyl (C=O) groups excluding carboxylic acids is 1. The molecule has 2 aliphatic rings. The van der Waals surface area contributed by atoms with Gasteiger partial charge in [-0.25, -0.2) is 18.1 Å². The van der Waals surface area contributed by atoms with E-state index in [1.54, 1.807) is 28.9 Å². The average Bonchev–Trinajstić information content (AvgIpc) is 3.59. The lowest BCUT2D eigenvalue weighted by Gasteiger charge is -2.12. The van der Waals surface area contributed by atoms with Crippen molar-refractivity contribution in [1.29, 1.82) is 0 Å². The van der Waals surface area contributed by atoms with E-state index in [2.05, 4.69) is 10.4 Å². The lowest BCUT2D eigenvalue weighted by Crippen LogP contribution is -2.15. The molecule has 11 heteroatoms. The molecular weight excluding hydrogens is 476 g/mol. The third-order valence-corrected chi connectivity index (χ3v) is 8.68. The molecule has 1 aromatic carbocycles. The number of aromatic nitrogens is 3. The molecule has 0 bridgehead atoms. The number of carbonyl (C=O) groups is 1. The molecule has 1 saturated heterocycles. The summed E-state index contributed by atoms with van der Waals surface area (Å²) in [4.78, 5) is 19.2. The number of thiophene rings is 1. The first-order valence-corrected chi connectivity index (χ1v) is 13.4. The van der Waals surface area contributed by atoms with Crippen molar-refractivity contribution in [3.8, 4) is 22.1 Å². The van der Waals surface area contributed by atoms with Crippen LogP contribution in [0.3, 0.4) is 0 Å². The summed E-state index contributed by atoms with van der Waals surface area (Å²) in [6, 6.07) is 10.5. The highest BCUT2D eigenvalue weighted by atomic mass is 32.2. The van der Waals surface area contributed by atoms with Crippen LogP contribution < -0.4 is 14.8 Å². The Kier molecular flexibility index (Phi) is 4.85. The Morgan fingerprint density at radius 1 is 1.21 bits per heavy atom. The van der Waals surface area contributed by atoms with Gasteiger partial charge >= 0.3 is 0 Å². The Balaban J connectivity index is 1.47. The number of fused-ring (bicyclic) bond motifs is 2. The predicted molar refractivity (Wildman–Crippen MR) is 128 cm³/mol. The summed E-state index contributed by atoms with van der Waals surface area (Å²) in [5, 5.41) is 10.1. The van der Waals surface area contributed by atoms with Crippen LogP contribution in [-0.4, -0.2) is 47.4 Å². The third kappa shape index (κ3) is 3.61. The second-order valence-electron chi connectivity index (χ2n) is 8.34. The summed E-state index contributed by atoms with van der Waals surface area (Å²) in [6.45, 7) is 1.96. The minimum absolute atomic E-state index is 0.0207. The van der Waals surface area contributed by atoms with Gasteiger partial charge in [0.15, 0.2) is 27.0 Å². The van der Waals surface area contributed by atoms with Crippen molar-refractivity contribution in [3.05, 3.63) is 53.0 Å². The normalized spacial score (nSPS) is 18.4. The number of nitrogens with zero attached hydrogens (tertiary/aromatic N) is 3. The zero-order valence-electron chi connectivity index (χ0n) is 18.1. The summed E-state index contributed by atoms with van der Waals surface area (Å²) in [6.07, 6.45) is 0.474. The minimum Gasteiger partial charge on any atom is -0.454 e. The summed E-state index contributed by atoms with van der Waals surface area (Å²) in [5.74, 6) is 1.04. The fraction of sp³-hybridized carbons (Fsp3) is 0.261. The lowest BCUT2D eigenvalue weighted by molar-refractivity contribution is 0.102. The number of hydrogen-bond acceptors (Lipinski definition) is 8. The van der Waals surface area contributed by atoms with Gasteiger partial charge in [0.05, 0.1) is 44.8 Å². The van der Waals surface area contributed by atoms with Gasteiger partial charge in [0.2, 0.25) is 6.79 Å². The maximum Gasteiger partial charge on any atom is 0.256 e. The van der Waals surface area contributed by atoms with E-state index in [1.807, 2.05) is 24.4 Å². The zero-order valence-corrected chi connectivity index (χ0v) is 19.8. The number of amides is 1. The molecule has 1 atom stereocenters. The Morgan fingerprint density at radius 2 is 2.06 bits per heavy atom.